The Hall–Kier alpha value is -3.42. The van der Waals surface area contributed by atoms with E-state index in [-0.39, 0.29) is 23.1 Å². The van der Waals surface area contributed by atoms with Crippen LogP contribution in [0.4, 0.5) is 5.69 Å². The number of nitrogens with one attached hydrogen (secondary N) is 1. The number of nitrogens with zero attached hydrogens (tertiary/aromatic N) is 2. The average molecular weight is 395 g/mol. The molecule has 29 heavy (non-hydrogen) atoms. The van der Waals surface area contributed by atoms with Crippen LogP contribution in [0, 0.1) is 0 Å². The second kappa shape index (κ2) is 7.20. The van der Waals surface area contributed by atoms with Crippen LogP contribution in [0.15, 0.2) is 28.8 Å². The molecule has 8 nitrogen and oxygen atoms in total. The molecule has 2 heterocycles. The third kappa shape index (κ3) is 3.53. The van der Waals surface area contributed by atoms with Crippen molar-refractivity contribution in [2.45, 2.75) is 38.5 Å². The molecule has 1 aromatic carbocycles. The number of amides is 1. The first-order valence-electron chi connectivity index (χ1n) is 9.42. The number of pyridine rings is 1. The molecule has 1 fully saturated rings. The maximum atomic E-state index is 13.2. The van der Waals surface area contributed by atoms with Gasteiger partial charge in [0.2, 0.25) is 0 Å². The van der Waals surface area contributed by atoms with E-state index in [2.05, 4.69) is 15.5 Å². The van der Waals surface area contributed by atoms with Gasteiger partial charge in [-0.05, 0) is 43.0 Å². The quantitative estimate of drug-likeness (QED) is 0.643. The Morgan fingerprint density at radius 2 is 2.03 bits per heavy atom. The van der Waals surface area contributed by atoms with E-state index >= 15 is 0 Å². The number of methoxy groups -OCH3 is 1. The number of fused-ring (bicyclic) bond motifs is 1. The van der Waals surface area contributed by atoms with E-state index in [0.717, 1.165) is 18.5 Å². The van der Waals surface area contributed by atoms with Gasteiger partial charge in [-0.25, -0.2) is 9.78 Å². The van der Waals surface area contributed by atoms with Crippen LogP contribution in [0.25, 0.3) is 11.1 Å². The Bertz CT molecular complexity index is 1110. The molecule has 0 aliphatic heterocycles. The van der Waals surface area contributed by atoms with E-state index in [1.165, 1.54) is 25.3 Å². The average Bonchev–Trinajstić information content (AvgIpc) is 3.46. The largest absolute Gasteiger partial charge is 0.495 e. The van der Waals surface area contributed by atoms with Crippen molar-refractivity contribution in [3.05, 3.63) is 46.8 Å². The lowest BCUT2D eigenvalue weighted by Crippen LogP contribution is -2.15. The molecule has 1 amide bonds. The van der Waals surface area contributed by atoms with Crippen LogP contribution >= 0.6 is 0 Å². The monoisotopic (exact) mass is 395 g/mol. The molecule has 1 aliphatic rings. The van der Waals surface area contributed by atoms with E-state index in [1.807, 2.05) is 13.8 Å². The second-order valence-electron chi connectivity index (χ2n) is 7.45. The number of carbonyl (C=O) groups excluding carboxylic acids is 1. The topological polar surface area (TPSA) is 115 Å². The number of ether oxygens (including phenoxy) is 1. The van der Waals surface area contributed by atoms with E-state index in [1.54, 1.807) is 6.07 Å². The summed E-state index contributed by atoms with van der Waals surface area (Å²) in [5, 5.41) is 16.7. The zero-order valence-electron chi connectivity index (χ0n) is 16.4. The van der Waals surface area contributed by atoms with Crippen molar-refractivity contribution in [3.8, 4) is 5.75 Å². The normalized spacial score (nSPS) is 13.7. The third-order valence-corrected chi connectivity index (χ3v) is 4.98. The van der Waals surface area contributed by atoms with Gasteiger partial charge >= 0.3 is 5.97 Å². The molecule has 0 unspecified atom stereocenters. The number of aromatic carboxylic acids is 1. The van der Waals surface area contributed by atoms with Gasteiger partial charge in [0.1, 0.15) is 5.75 Å². The highest BCUT2D eigenvalue weighted by molar-refractivity contribution is 6.13. The van der Waals surface area contributed by atoms with Crippen LogP contribution in [0.2, 0.25) is 0 Å². The van der Waals surface area contributed by atoms with Gasteiger partial charge in [-0.2, -0.15) is 0 Å². The molecule has 0 radical (unpaired) electrons. The molecular formula is C21H21N3O5. The molecule has 150 valence electrons. The van der Waals surface area contributed by atoms with Crippen molar-refractivity contribution < 1.29 is 24.0 Å². The van der Waals surface area contributed by atoms with Gasteiger partial charge < -0.3 is 19.7 Å². The number of carboxylic acids is 1. The smallest absolute Gasteiger partial charge is 0.335 e. The minimum absolute atomic E-state index is 0.0563. The Labute approximate surface area is 166 Å². The van der Waals surface area contributed by atoms with Gasteiger partial charge in [0.25, 0.3) is 11.6 Å². The van der Waals surface area contributed by atoms with Crippen LogP contribution in [0.5, 0.6) is 5.75 Å². The zero-order chi connectivity index (χ0) is 20.7. The number of rotatable bonds is 6. The summed E-state index contributed by atoms with van der Waals surface area (Å²) in [6, 6.07) is 6.10. The predicted octanol–water partition coefficient (Wildman–Crippen LogP) is 4.18. The van der Waals surface area contributed by atoms with Crippen LogP contribution in [0.1, 0.15) is 70.6 Å². The molecule has 0 saturated heterocycles. The summed E-state index contributed by atoms with van der Waals surface area (Å²) >= 11 is 0. The molecule has 0 spiro atoms. The molecule has 0 atom stereocenters. The number of carbonyl (C=O) groups is 2. The molecule has 1 aliphatic carbocycles. The van der Waals surface area contributed by atoms with Gasteiger partial charge in [-0.1, -0.05) is 19.0 Å². The number of carboxylic acid groups (broad SMARTS) is 1. The first kappa shape index (κ1) is 18.9. The van der Waals surface area contributed by atoms with Crippen molar-refractivity contribution in [2.75, 3.05) is 12.4 Å². The molecule has 2 N–H and O–H groups in total. The van der Waals surface area contributed by atoms with Crippen molar-refractivity contribution in [2.24, 2.45) is 0 Å². The molecule has 1 saturated carbocycles. The SMILES string of the molecule is COc1cc(C(=O)O)ccc1NC(=O)c1cc(C2CC2)nc2onc(C(C)C)c12. The van der Waals surface area contributed by atoms with Gasteiger partial charge in [0.15, 0.2) is 0 Å². The van der Waals surface area contributed by atoms with Crippen LogP contribution in [-0.4, -0.2) is 34.2 Å². The fourth-order valence-electron chi connectivity index (χ4n) is 3.27. The third-order valence-electron chi connectivity index (χ3n) is 4.98. The highest BCUT2D eigenvalue weighted by atomic mass is 16.5. The fraction of sp³-hybridized carbons (Fsp3) is 0.333. The molecular weight excluding hydrogens is 374 g/mol. The highest BCUT2D eigenvalue weighted by Crippen LogP contribution is 2.41. The number of hydrogen-bond donors (Lipinski definition) is 2. The van der Waals surface area contributed by atoms with Gasteiger partial charge in [-0.15, -0.1) is 0 Å². The Balaban J connectivity index is 1.77. The number of benzene rings is 1. The van der Waals surface area contributed by atoms with Crippen molar-refractivity contribution in [1.29, 1.82) is 0 Å². The fourth-order valence-corrected chi connectivity index (χ4v) is 3.27. The van der Waals surface area contributed by atoms with E-state index in [0.29, 0.717) is 34.0 Å². The lowest BCUT2D eigenvalue weighted by atomic mass is 10.0. The second-order valence-corrected chi connectivity index (χ2v) is 7.45. The van der Waals surface area contributed by atoms with Crippen LogP contribution in [-0.2, 0) is 0 Å². The Kier molecular flexibility index (Phi) is 4.70. The van der Waals surface area contributed by atoms with Gasteiger partial charge in [0.05, 0.1) is 35.0 Å². The van der Waals surface area contributed by atoms with E-state index in [4.69, 9.17) is 14.4 Å². The Morgan fingerprint density at radius 1 is 1.28 bits per heavy atom. The van der Waals surface area contributed by atoms with Crippen LogP contribution in [0.3, 0.4) is 0 Å². The molecule has 8 heteroatoms. The standard InChI is InChI=1S/C21H21N3O5/c1-10(2)18-17-13(9-15(11-4-5-11)23-20(17)29-24-18)19(25)22-14-7-6-12(21(26)27)8-16(14)28-3/h6-11H,4-5H2,1-3H3,(H,22,25)(H,26,27). The maximum Gasteiger partial charge on any atom is 0.335 e. The highest BCUT2D eigenvalue weighted by Gasteiger charge is 2.29. The van der Waals surface area contributed by atoms with Crippen molar-refractivity contribution in [1.82, 2.24) is 10.1 Å². The maximum absolute atomic E-state index is 13.2. The number of anilines is 1. The van der Waals surface area contributed by atoms with Crippen LogP contribution < -0.4 is 10.1 Å². The summed E-state index contributed by atoms with van der Waals surface area (Å²) in [5.74, 6) is -0.771. The summed E-state index contributed by atoms with van der Waals surface area (Å²) in [4.78, 5) is 28.9. The lowest BCUT2D eigenvalue weighted by Gasteiger charge is -2.12. The van der Waals surface area contributed by atoms with Gasteiger partial charge in [0, 0.05) is 11.6 Å². The minimum atomic E-state index is -1.07. The lowest BCUT2D eigenvalue weighted by molar-refractivity contribution is 0.0696. The summed E-state index contributed by atoms with van der Waals surface area (Å²) in [7, 11) is 1.42. The molecule has 3 aromatic rings. The van der Waals surface area contributed by atoms with Crippen molar-refractivity contribution >= 4 is 28.7 Å². The van der Waals surface area contributed by atoms with Gasteiger partial charge in [-0.3, -0.25) is 4.79 Å². The van der Waals surface area contributed by atoms with Crippen molar-refractivity contribution in [3.63, 3.8) is 0 Å². The first-order chi connectivity index (χ1) is 13.9. The minimum Gasteiger partial charge on any atom is -0.495 e. The predicted molar refractivity (Wildman–Crippen MR) is 106 cm³/mol. The first-order valence-corrected chi connectivity index (χ1v) is 9.42. The summed E-state index contributed by atoms with van der Waals surface area (Å²) in [6.07, 6.45) is 2.07. The number of aromatic nitrogens is 2. The summed E-state index contributed by atoms with van der Waals surface area (Å²) < 4.78 is 10.7. The van der Waals surface area contributed by atoms with E-state index in [9.17, 15) is 9.59 Å². The molecule has 4 rings (SSSR count). The Morgan fingerprint density at radius 3 is 2.66 bits per heavy atom. The summed E-state index contributed by atoms with van der Waals surface area (Å²) in [6.45, 7) is 3.95. The summed E-state index contributed by atoms with van der Waals surface area (Å²) in [5.41, 5.74) is 2.74. The molecule has 2 aromatic heterocycles. The van der Waals surface area contributed by atoms with E-state index < -0.39 is 5.97 Å². The number of hydrogen-bond acceptors (Lipinski definition) is 6. The zero-order valence-corrected chi connectivity index (χ0v) is 16.4. The molecule has 0 bridgehead atoms.